The molecular weight excluding hydrogens is 470 g/mol. The Bertz CT molecular complexity index is 1290. The fourth-order valence-electron chi connectivity index (χ4n) is 4.29. The van der Waals surface area contributed by atoms with Crippen LogP contribution < -0.4 is 0 Å². The first kappa shape index (κ1) is 25.6. The lowest BCUT2D eigenvalue weighted by molar-refractivity contribution is 0.0617. The second-order valence-electron chi connectivity index (χ2n) is 8.89. The number of ether oxygens (including phenoxy) is 1. The summed E-state index contributed by atoms with van der Waals surface area (Å²) >= 11 is 1.30. The van der Waals surface area contributed by atoms with Gasteiger partial charge in [0, 0.05) is 30.5 Å². The lowest BCUT2D eigenvalue weighted by Crippen LogP contribution is -2.09. The van der Waals surface area contributed by atoms with Crippen LogP contribution in [0.5, 0.6) is 0 Å². The maximum absolute atomic E-state index is 12.2. The molecule has 0 spiro atoms. The van der Waals surface area contributed by atoms with Crippen LogP contribution in [0.4, 0.5) is 0 Å². The Morgan fingerprint density at radius 1 is 1.06 bits per heavy atom. The van der Waals surface area contributed by atoms with Crippen LogP contribution in [0, 0.1) is 6.92 Å². The van der Waals surface area contributed by atoms with E-state index in [1.807, 2.05) is 50.2 Å². The van der Waals surface area contributed by atoms with E-state index >= 15 is 0 Å². The van der Waals surface area contributed by atoms with Gasteiger partial charge in [0.05, 0.1) is 11.8 Å². The van der Waals surface area contributed by atoms with Gasteiger partial charge in [0.1, 0.15) is 4.88 Å². The van der Waals surface area contributed by atoms with Gasteiger partial charge in [-0.25, -0.2) is 4.79 Å². The molecule has 0 aliphatic heterocycles. The molecule has 1 atom stereocenters. The zero-order valence-corrected chi connectivity index (χ0v) is 21.4. The van der Waals surface area contributed by atoms with E-state index in [1.165, 1.54) is 16.9 Å². The Balaban J connectivity index is 1.46. The van der Waals surface area contributed by atoms with Crippen LogP contribution in [0.2, 0.25) is 0 Å². The highest BCUT2D eigenvalue weighted by Gasteiger charge is 2.21. The third-order valence-electron chi connectivity index (χ3n) is 6.23. The minimum Gasteiger partial charge on any atom is -0.477 e. The average molecular weight is 502 g/mol. The van der Waals surface area contributed by atoms with Crippen molar-refractivity contribution in [2.24, 2.45) is 0 Å². The molecular formula is C30H31NO4S. The largest absolute Gasteiger partial charge is 0.477 e. The van der Waals surface area contributed by atoms with Crippen LogP contribution >= 0.6 is 11.3 Å². The summed E-state index contributed by atoms with van der Waals surface area (Å²) < 4.78 is 6.00. The molecule has 0 saturated carbocycles. The van der Waals surface area contributed by atoms with Crippen molar-refractivity contribution in [1.29, 1.82) is 0 Å². The molecule has 5 nitrogen and oxygen atoms in total. The van der Waals surface area contributed by atoms with Gasteiger partial charge in [-0.2, -0.15) is 0 Å². The number of aromatic amines is 1. The van der Waals surface area contributed by atoms with Crippen LogP contribution in [0.1, 0.15) is 68.3 Å². The number of Topliss-reactive ketones (excluding diaryl/α,β-unsaturated/α-hetero) is 1. The quantitative estimate of drug-likeness (QED) is 0.200. The number of aromatic nitrogens is 1. The van der Waals surface area contributed by atoms with Crippen LogP contribution in [0.15, 0.2) is 72.9 Å². The number of rotatable bonds is 12. The summed E-state index contributed by atoms with van der Waals surface area (Å²) in [5.74, 6) is -0.788. The number of aryl methyl sites for hydroxylation is 2. The normalized spacial score (nSPS) is 11.9. The van der Waals surface area contributed by atoms with Crippen LogP contribution in [0.25, 0.3) is 10.4 Å². The van der Waals surface area contributed by atoms with Gasteiger partial charge in [-0.05, 0) is 67.1 Å². The zero-order valence-electron chi connectivity index (χ0n) is 20.6. The highest BCUT2D eigenvalue weighted by molar-refractivity contribution is 7.17. The van der Waals surface area contributed by atoms with Crippen molar-refractivity contribution in [3.05, 3.63) is 106 Å². The van der Waals surface area contributed by atoms with Crippen LogP contribution in [-0.2, 0) is 17.6 Å². The monoisotopic (exact) mass is 501 g/mol. The van der Waals surface area contributed by atoms with Crippen LogP contribution in [-0.4, -0.2) is 28.4 Å². The van der Waals surface area contributed by atoms with E-state index in [0.29, 0.717) is 30.0 Å². The lowest BCUT2D eigenvalue weighted by atomic mass is 9.99. The third-order valence-corrected chi connectivity index (χ3v) is 7.45. The van der Waals surface area contributed by atoms with Gasteiger partial charge >= 0.3 is 5.97 Å². The van der Waals surface area contributed by atoms with E-state index in [2.05, 4.69) is 29.2 Å². The Kier molecular flexibility index (Phi) is 8.52. The second-order valence-corrected chi connectivity index (χ2v) is 9.94. The number of carbonyl (C=O) groups is 2. The van der Waals surface area contributed by atoms with Crippen molar-refractivity contribution < 1.29 is 19.4 Å². The standard InChI is InChI=1S/C30H31NO4S/c1-3-35-27(22-13-9-20(2)10-14-22)18-24-19-28(36-29(24)30(33)34)23-15-11-21(12-16-23)6-4-8-26(32)25-7-5-17-31-25/h5,7,9-17,19,27,31H,3-4,6,8,18H2,1-2H3,(H,33,34). The second kappa shape index (κ2) is 12.0. The maximum Gasteiger partial charge on any atom is 0.346 e. The minimum absolute atomic E-state index is 0.125. The summed E-state index contributed by atoms with van der Waals surface area (Å²) in [6, 6.07) is 22.0. The van der Waals surface area contributed by atoms with Gasteiger partial charge in [0.15, 0.2) is 5.78 Å². The number of carboxylic acid groups (broad SMARTS) is 1. The van der Waals surface area contributed by atoms with Crippen molar-refractivity contribution >= 4 is 23.1 Å². The first-order valence-electron chi connectivity index (χ1n) is 12.2. The Labute approximate surface area is 215 Å². The summed E-state index contributed by atoms with van der Waals surface area (Å²) in [5.41, 5.74) is 5.81. The summed E-state index contributed by atoms with van der Waals surface area (Å²) in [7, 11) is 0. The number of carbonyl (C=O) groups excluding carboxylic acids is 1. The molecule has 1 unspecified atom stereocenters. The highest BCUT2D eigenvalue weighted by Crippen LogP contribution is 2.35. The molecule has 2 aromatic heterocycles. The molecule has 0 radical (unpaired) electrons. The molecule has 186 valence electrons. The van der Waals surface area contributed by atoms with E-state index < -0.39 is 5.97 Å². The van der Waals surface area contributed by atoms with Crippen LogP contribution in [0.3, 0.4) is 0 Å². The van der Waals surface area contributed by atoms with Gasteiger partial charge in [-0.15, -0.1) is 11.3 Å². The minimum atomic E-state index is -0.913. The third kappa shape index (κ3) is 6.39. The molecule has 36 heavy (non-hydrogen) atoms. The van der Waals surface area contributed by atoms with Crippen molar-refractivity contribution in [2.75, 3.05) is 6.61 Å². The van der Waals surface area contributed by atoms with E-state index in [0.717, 1.165) is 40.0 Å². The number of aromatic carboxylic acids is 1. The molecule has 2 N–H and O–H groups in total. The first-order chi connectivity index (χ1) is 17.4. The van der Waals surface area contributed by atoms with E-state index in [4.69, 9.17) is 4.74 Å². The van der Waals surface area contributed by atoms with Crippen molar-refractivity contribution in [3.63, 3.8) is 0 Å². The summed E-state index contributed by atoms with van der Waals surface area (Å²) in [5, 5.41) is 9.87. The molecule has 2 heterocycles. The molecule has 0 saturated heterocycles. The number of H-pyrrole nitrogens is 1. The number of hydrogen-bond acceptors (Lipinski definition) is 4. The number of thiophene rings is 1. The summed E-state index contributed by atoms with van der Waals surface area (Å²) in [4.78, 5) is 28.4. The van der Waals surface area contributed by atoms with Crippen molar-refractivity contribution in [2.45, 2.75) is 45.6 Å². The Hall–Kier alpha value is -3.48. The fourth-order valence-corrected chi connectivity index (χ4v) is 5.32. The van der Waals surface area contributed by atoms with Gasteiger partial charge in [-0.1, -0.05) is 54.1 Å². The first-order valence-corrected chi connectivity index (χ1v) is 13.1. The van der Waals surface area contributed by atoms with Gasteiger partial charge in [0.25, 0.3) is 0 Å². The Morgan fingerprint density at radius 2 is 1.81 bits per heavy atom. The molecule has 6 heteroatoms. The summed E-state index contributed by atoms with van der Waals surface area (Å²) in [6.45, 7) is 4.55. The van der Waals surface area contributed by atoms with E-state index in [1.54, 1.807) is 12.3 Å². The number of benzene rings is 2. The van der Waals surface area contributed by atoms with Crippen molar-refractivity contribution in [3.8, 4) is 10.4 Å². The lowest BCUT2D eigenvalue weighted by Gasteiger charge is -2.17. The molecule has 0 fully saturated rings. The molecule has 0 amide bonds. The zero-order chi connectivity index (χ0) is 25.5. The van der Waals surface area contributed by atoms with Gasteiger partial charge in [0.2, 0.25) is 0 Å². The number of nitrogens with one attached hydrogen (secondary N) is 1. The molecule has 0 bridgehead atoms. The smallest absolute Gasteiger partial charge is 0.346 e. The Morgan fingerprint density at radius 3 is 2.44 bits per heavy atom. The number of carboxylic acids is 1. The molecule has 4 rings (SSSR count). The number of hydrogen-bond donors (Lipinski definition) is 2. The number of ketones is 1. The fraction of sp³-hybridized carbons (Fsp3) is 0.267. The molecule has 2 aromatic carbocycles. The molecule has 0 aliphatic carbocycles. The molecule has 4 aromatic rings. The molecule has 0 aliphatic rings. The predicted octanol–water partition coefficient (Wildman–Crippen LogP) is 7.28. The maximum atomic E-state index is 12.2. The van der Waals surface area contributed by atoms with Gasteiger partial charge < -0.3 is 14.8 Å². The van der Waals surface area contributed by atoms with E-state index in [-0.39, 0.29) is 11.9 Å². The average Bonchev–Trinajstić information content (AvgIpc) is 3.56. The summed E-state index contributed by atoms with van der Waals surface area (Å²) in [6.07, 6.45) is 4.16. The SMILES string of the molecule is CCOC(Cc1cc(-c2ccc(CCCC(=O)c3ccc[nH]3)cc2)sc1C(=O)O)c1ccc(C)cc1. The predicted molar refractivity (Wildman–Crippen MR) is 144 cm³/mol. The van der Waals surface area contributed by atoms with Gasteiger partial charge in [-0.3, -0.25) is 4.79 Å². The topological polar surface area (TPSA) is 79.4 Å². The highest BCUT2D eigenvalue weighted by atomic mass is 32.1. The van der Waals surface area contributed by atoms with E-state index in [9.17, 15) is 14.7 Å². The van der Waals surface area contributed by atoms with Crippen molar-refractivity contribution in [1.82, 2.24) is 4.98 Å².